The van der Waals surface area contributed by atoms with E-state index in [4.69, 9.17) is 0 Å². The predicted molar refractivity (Wildman–Crippen MR) is 109 cm³/mol. The van der Waals surface area contributed by atoms with Crippen molar-refractivity contribution < 1.29 is 18.0 Å². The van der Waals surface area contributed by atoms with Crippen LogP contribution < -0.4 is 10.6 Å². The molecule has 7 heteroatoms. The summed E-state index contributed by atoms with van der Waals surface area (Å²) in [7, 11) is 0. The van der Waals surface area contributed by atoms with Crippen molar-refractivity contribution in [2.45, 2.75) is 32.5 Å². The lowest BCUT2D eigenvalue weighted by Gasteiger charge is -2.10. The molecule has 0 aliphatic rings. The summed E-state index contributed by atoms with van der Waals surface area (Å²) in [5.74, 6) is -0.0929. The SMILES string of the molecule is CCCCNCC(=O)Nc1ccc2c(ccn2Cc2ccc(C(F)(F)F)cc2)c1. The number of hydrogen-bond donors (Lipinski definition) is 2. The topological polar surface area (TPSA) is 46.1 Å². The summed E-state index contributed by atoms with van der Waals surface area (Å²) < 4.78 is 40.1. The maximum absolute atomic E-state index is 12.7. The molecule has 0 atom stereocenters. The number of halogens is 3. The van der Waals surface area contributed by atoms with Gasteiger partial charge in [-0.05, 0) is 54.9 Å². The third-order valence-electron chi connectivity index (χ3n) is 4.68. The Morgan fingerprint density at radius 3 is 2.52 bits per heavy atom. The van der Waals surface area contributed by atoms with E-state index in [2.05, 4.69) is 17.6 Å². The molecule has 0 saturated heterocycles. The molecule has 0 fully saturated rings. The van der Waals surface area contributed by atoms with Crippen LogP contribution in [0.25, 0.3) is 10.9 Å². The van der Waals surface area contributed by atoms with Crippen molar-refractivity contribution in [3.8, 4) is 0 Å². The van der Waals surface area contributed by atoms with Crippen LogP contribution in [-0.4, -0.2) is 23.6 Å². The standard InChI is InChI=1S/C22H24F3N3O/c1-2-3-11-26-14-21(29)27-19-8-9-20-17(13-19)10-12-28(20)15-16-4-6-18(7-5-16)22(23,24)25/h4-10,12-13,26H,2-3,11,14-15H2,1H3,(H,27,29). The molecule has 3 aromatic rings. The minimum atomic E-state index is -4.33. The van der Waals surface area contributed by atoms with Gasteiger partial charge in [0.1, 0.15) is 0 Å². The van der Waals surface area contributed by atoms with Gasteiger partial charge in [-0.25, -0.2) is 0 Å². The molecule has 1 amide bonds. The van der Waals surface area contributed by atoms with Crippen LogP contribution in [0.3, 0.4) is 0 Å². The number of anilines is 1. The fraction of sp³-hybridized carbons (Fsp3) is 0.318. The van der Waals surface area contributed by atoms with Gasteiger partial charge in [0, 0.05) is 29.3 Å². The lowest BCUT2D eigenvalue weighted by molar-refractivity contribution is -0.137. The zero-order chi connectivity index (χ0) is 20.9. The van der Waals surface area contributed by atoms with E-state index in [1.54, 1.807) is 0 Å². The maximum atomic E-state index is 12.7. The fourth-order valence-electron chi connectivity index (χ4n) is 3.12. The number of unbranched alkanes of at least 4 members (excludes halogenated alkanes) is 1. The number of nitrogens with zero attached hydrogens (tertiary/aromatic N) is 1. The first-order chi connectivity index (χ1) is 13.9. The molecule has 0 bridgehead atoms. The van der Waals surface area contributed by atoms with Crippen LogP contribution in [0.2, 0.25) is 0 Å². The predicted octanol–water partition coefficient (Wildman–Crippen LogP) is 5.04. The molecule has 1 heterocycles. The number of amides is 1. The Balaban J connectivity index is 1.65. The van der Waals surface area contributed by atoms with Gasteiger partial charge in [-0.15, -0.1) is 0 Å². The molecule has 154 valence electrons. The van der Waals surface area contributed by atoms with E-state index >= 15 is 0 Å². The molecule has 1 aromatic heterocycles. The highest BCUT2D eigenvalue weighted by atomic mass is 19.4. The number of rotatable bonds is 8. The van der Waals surface area contributed by atoms with Gasteiger partial charge in [-0.2, -0.15) is 13.2 Å². The van der Waals surface area contributed by atoms with E-state index in [-0.39, 0.29) is 12.5 Å². The van der Waals surface area contributed by atoms with Crippen molar-refractivity contribution in [1.29, 1.82) is 0 Å². The quantitative estimate of drug-likeness (QED) is 0.518. The second-order valence-electron chi connectivity index (χ2n) is 6.99. The van der Waals surface area contributed by atoms with Crippen molar-refractivity contribution in [1.82, 2.24) is 9.88 Å². The van der Waals surface area contributed by atoms with Gasteiger partial charge in [-0.3, -0.25) is 4.79 Å². The summed E-state index contributed by atoms with van der Waals surface area (Å²) >= 11 is 0. The van der Waals surface area contributed by atoms with Crippen molar-refractivity contribution in [2.24, 2.45) is 0 Å². The van der Waals surface area contributed by atoms with Gasteiger partial charge in [0.25, 0.3) is 0 Å². The van der Waals surface area contributed by atoms with Crippen LogP contribution in [0.1, 0.15) is 30.9 Å². The molecule has 0 aliphatic heterocycles. The van der Waals surface area contributed by atoms with Gasteiger partial charge >= 0.3 is 6.18 Å². The van der Waals surface area contributed by atoms with E-state index in [0.717, 1.165) is 48.0 Å². The van der Waals surface area contributed by atoms with Gasteiger partial charge in [0.2, 0.25) is 5.91 Å². The van der Waals surface area contributed by atoms with Gasteiger partial charge < -0.3 is 15.2 Å². The number of fused-ring (bicyclic) bond motifs is 1. The van der Waals surface area contributed by atoms with Crippen LogP contribution in [0, 0.1) is 0 Å². The molecule has 29 heavy (non-hydrogen) atoms. The largest absolute Gasteiger partial charge is 0.416 e. The summed E-state index contributed by atoms with van der Waals surface area (Å²) in [6.07, 6.45) is -0.328. The summed E-state index contributed by atoms with van der Waals surface area (Å²) in [6, 6.07) is 12.7. The highest BCUT2D eigenvalue weighted by Crippen LogP contribution is 2.29. The first-order valence-electron chi connectivity index (χ1n) is 9.62. The van der Waals surface area contributed by atoms with E-state index in [1.165, 1.54) is 12.1 Å². The third-order valence-corrected chi connectivity index (χ3v) is 4.68. The van der Waals surface area contributed by atoms with Crippen LogP contribution in [0.5, 0.6) is 0 Å². The van der Waals surface area contributed by atoms with E-state index in [1.807, 2.05) is 35.0 Å². The van der Waals surface area contributed by atoms with Crippen molar-refractivity contribution in [3.05, 3.63) is 65.9 Å². The Labute approximate surface area is 167 Å². The summed E-state index contributed by atoms with van der Waals surface area (Å²) in [5, 5.41) is 6.93. The van der Waals surface area contributed by atoms with Crippen molar-refractivity contribution in [3.63, 3.8) is 0 Å². The maximum Gasteiger partial charge on any atom is 0.416 e. The zero-order valence-electron chi connectivity index (χ0n) is 16.2. The average Bonchev–Trinajstić information content (AvgIpc) is 3.07. The molecule has 2 aromatic carbocycles. The van der Waals surface area contributed by atoms with Crippen molar-refractivity contribution >= 4 is 22.5 Å². The number of carbonyl (C=O) groups is 1. The Hall–Kier alpha value is -2.80. The van der Waals surface area contributed by atoms with Crippen molar-refractivity contribution in [2.75, 3.05) is 18.4 Å². The molecule has 0 unspecified atom stereocenters. The summed E-state index contributed by atoms with van der Waals surface area (Å²) in [4.78, 5) is 12.0. The van der Waals surface area contributed by atoms with E-state index < -0.39 is 11.7 Å². The first kappa shape index (κ1) is 20.9. The van der Waals surface area contributed by atoms with E-state index in [0.29, 0.717) is 12.2 Å². The normalized spacial score (nSPS) is 11.7. The van der Waals surface area contributed by atoms with Crippen LogP contribution in [-0.2, 0) is 17.5 Å². The smallest absolute Gasteiger partial charge is 0.343 e. The minimum absolute atomic E-state index is 0.0929. The van der Waals surface area contributed by atoms with Gasteiger partial charge in [-0.1, -0.05) is 25.5 Å². The Bertz CT molecular complexity index is 962. The summed E-state index contributed by atoms with van der Waals surface area (Å²) in [6.45, 7) is 3.65. The van der Waals surface area contributed by atoms with Crippen LogP contribution in [0.4, 0.5) is 18.9 Å². The minimum Gasteiger partial charge on any atom is -0.343 e. The summed E-state index contributed by atoms with van der Waals surface area (Å²) in [5.41, 5.74) is 1.80. The molecule has 4 nitrogen and oxygen atoms in total. The molecule has 0 spiro atoms. The lowest BCUT2D eigenvalue weighted by atomic mass is 10.1. The number of nitrogens with one attached hydrogen (secondary N) is 2. The Kier molecular flexibility index (Phi) is 6.59. The molecule has 0 aliphatic carbocycles. The Morgan fingerprint density at radius 1 is 1.07 bits per heavy atom. The van der Waals surface area contributed by atoms with Crippen LogP contribution in [0.15, 0.2) is 54.7 Å². The highest BCUT2D eigenvalue weighted by Gasteiger charge is 2.29. The zero-order valence-corrected chi connectivity index (χ0v) is 16.2. The molecule has 3 rings (SSSR count). The second kappa shape index (κ2) is 9.13. The first-order valence-corrected chi connectivity index (χ1v) is 9.62. The van der Waals surface area contributed by atoms with Gasteiger partial charge in [0.15, 0.2) is 0 Å². The molecular weight excluding hydrogens is 379 g/mol. The van der Waals surface area contributed by atoms with E-state index in [9.17, 15) is 18.0 Å². The lowest BCUT2D eigenvalue weighted by Crippen LogP contribution is -2.28. The number of alkyl halides is 3. The third kappa shape index (κ3) is 5.60. The van der Waals surface area contributed by atoms with Gasteiger partial charge in [0.05, 0.1) is 12.1 Å². The number of aromatic nitrogens is 1. The number of carbonyl (C=O) groups excluding carboxylic acids is 1. The molecular formula is C22H24F3N3O. The molecule has 0 saturated carbocycles. The number of benzene rings is 2. The average molecular weight is 403 g/mol. The second-order valence-corrected chi connectivity index (χ2v) is 6.99. The Morgan fingerprint density at radius 2 is 1.83 bits per heavy atom. The molecule has 0 radical (unpaired) electrons. The highest BCUT2D eigenvalue weighted by molar-refractivity contribution is 5.95. The fourth-order valence-corrected chi connectivity index (χ4v) is 3.12. The molecule has 2 N–H and O–H groups in total. The number of hydrogen-bond acceptors (Lipinski definition) is 2. The monoisotopic (exact) mass is 403 g/mol. The van der Waals surface area contributed by atoms with Crippen LogP contribution >= 0.6 is 0 Å².